The van der Waals surface area contributed by atoms with Gasteiger partial charge in [-0.1, -0.05) is 48.5 Å². The number of hydrogen-bond acceptors (Lipinski definition) is 6. The molecule has 1 saturated heterocycles. The van der Waals surface area contributed by atoms with Crippen molar-refractivity contribution in [1.29, 1.82) is 5.26 Å². The summed E-state index contributed by atoms with van der Waals surface area (Å²) < 4.78 is 5.52. The molecule has 2 heterocycles. The average Bonchev–Trinajstić information content (AvgIpc) is 3.15. The van der Waals surface area contributed by atoms with E-state index in [2.05, 4.69) is 57.2 Å². The zero-order chi connectivity index (χ0) is 20.8. The Bertz CT molecular complexity index is 988. The molecule has 1 fully saturated rings. The van der Waals surface area contributed by atoms with Crippen molar-refractivity contribution in [3.63, 3.8) is 0 Å². The van der Waals surface area contributed by atoms with Crippen molar-refractivity contribution in [2.75, 3.05) is 26.2 Å². The quantitative estimate of drug-likeness (QED) is 0.624. The molecular weight excluding hydrogens is 374 g/mol. The van der Waals surface area contributed by atoms with Crippen LogP contribution in [0.5, 0.6) is 0 Å². The van der Waals surface area contributed by atoms with Gasteiger partial charge in [-0.05, 0) is 49.2 Å². The third-order valence-corrected chi connectivity index (χ3v) is 5.62. The van der Waals surface area contributed by atoms with Crippen LogP contribution in [0, 0.1) is 11.3 Å². The van der Waals surface area contributed by atoms with Crippen LogP contribution in [0.4, 0.5) is 0 Å². The van der Waals surface area contributed by atoms with Gasteiger partial charge in [0.05, 0.1) is 18.2 Å². The molecule has 4 rings (SSSR count). The van der Waals surface area contributed by atoms with Crippen LogP contribution < -0.4 is 0 Å². The van der Waals surface area contributed by atoms with Gasteiger partial charge in [-0.2, -0.15) is 10.2 Å². The number of aryl methyl sites for hydroxylation is 1. The standard InChI is InChI=1S/C24H27N5O/c1-2-19-8-10-22(11-9-19)24-26-23(30-27-24)18-29-13-3-12-28(14-15-29)17-21-6-4-20(16-25)5-7-21/h4-11H,2-3,12-15,17-18H2,1H3. The predicted molar refractivity (Wildman–Crippen MR) is 115 cm³/mol. The van der Waals surface area contributed by atoms with Gasteiger partial charge in [-0.3, -0.25) is 9.80 Å². The van der Waals surface area contributed by atoms with Gasteiger partial charge < -0.3 is 4.52 Å². The van der Waals surface area contributed by atoms with E-state index in [-0.39, 0.29) is 0 Å². The van der Waals surface area contributed by atoms with Crippen LogP contribution in [0.1, 0.15) is 35.9 Å². The highest BCUT2D eigenvalue weighted by atomic mass is 16.5. The minimum Gasteiger partial charge on any atom is -0.338 e. The van der Waals surface area contributed by atoms with E-state index in [4.69, 9.17) is 9.78 Å². The number of nitriles is 1. The second kappa shape index (κ2) is 9.66. The zero-order valence-electron chi connectivity index (χ0n) is 17.4. The first-order chi connectivity index (χ1) is 14.7. The third-order valence-electron chi connectivity index (χ3n) is 5.62. The summed E-state index contributed by atoms with van der Waals surface area (Å²) in [5.74, 6) is 1.33. The van der Waals surface area contributed by atoms with Crippen molar-refractivity contribution in [3.8, 4) is 17.5 Å². The minimum atomic E-state index is 0.657. The predicted octanol–water partition coefficient (Wildman–Crippen LogP) is 3.88. The van der Waals surface area contributed by atoms with Crippen molar-refractivity contribution in [2.24, 2.45) is 0 Å². The molecule has 0 bridgehead atoms. The van der Waals surface area contributed by atoms with Crippen LogP contribution in [-0.2, 0) is 19.5 Å². The van der Waals surface area contributed by atoms with E-state index in [0.717, 1.165) is 51.1 Å². The second-order valence-electron chi connectivity index (χ2n) is 7.78. The Kier molecular flexibility index (Phi) is 6.53. The summed E-state index contributed by atoms with van der Waals surface area (Å²) in [5, 5.41) is 13.1. The van der Waals surface area contributed by atoms with Crippen molar-refractivity contribution in [3.05, 3.63) is 71.1 Å². The van der Waals surface area contributed by atoms with Crippen molar-refractivity contribution in [1.82, 2.24) is 19.9 Å². The van der Waals surface area contributed by atoms with Gasteiger partial charge in [0.15, 0.2) is 0 Å². The van der Waals surface area contributed by atoms with Crippen LogP contribution in [0.15, 0.2) is 53.1 Å². The van der Waals surface area contributed by atoms with Gasteiger partial charge in [0, 0.05) is 25.2 Å². The Morgan fingerprint density at radius 1 is 0.900 bits per heavy atom. The first kappa shape index (κ1) is 20.3. The normalized spacial score (nSPS) is 15.6. The molecule has 0 unspecified atom stereocenters. The molecule has 30 heavy (non-hydrogen) atoms. The van der Waals surface area contributed by atoms with Crippen LogP contribution in [0.2, 0.25) is 0 Å². The SMILES string of the molecule is CCc1ccc(-c2noc(CN3CCCN(Cc4ccc(C#N)cc4)CC3)n2)cc1. The molecule has 3 aromatic rings. The largest absolute Gasteiger partial charge is 0.338 e. The highest BCUT2D eigenvalue weighted by Crippen LogP contribution is 2.18. The fraction of sp³-hybridized carbons (Fsp3) is 0.375. The van der Waals surface area contributed by atoms with Gasteiger partial charge in [0.25, 0.3) is 0 Å². The molecule has 1 aromatic heterocycles. The molecule has 0 radical (unpaired) electrons. The molecule has 2 aromatic carbocycles. The fourth-order valence-corrected chi connectivity index (χ4v) is 3.80. The van der Waals surface area contributed by atoms with Crippen molar-refractivity contribution >= 4 is 0 Å². The lowest BCUT2D eigenvalue weighted by Crippen LogP contribution is -2.30. The first-order valence-electron chi connectivity index (χ1n) is 10.6. The number of aromatic nitrogens is 2. The maximum absolute atomic E-state index is 8.94. The summed E-state index contributed by atoms with van der Waals surface area (Å²) in [7, 11) is 0. The molecule has 0 N–H and O–H groups in total. The zero-order valence-corrected chi connectivity index (χ0v) is 17.4. The van der Waals surface area contributed by atoms with E-state index >= 15 is 0 Å². The lowest BCUT2D eigenvalue weighted by Gasteiger charge is -2.21. The molecule has 6 nitrogen and oxygen atoms in total. The topological polar surface area (TPSA) is 69.2 Å². The molecule has 0 saturated carbocycles. The van der Waals surface area contributed by atoms with E-state index in [1.165, 1.54) is 11.1 Å². The minimum absolute atomic E-state index is 0.657. The van der Waals surface area contributed by atoms with Gasteiger partial charge >= 0.3 is 0 Å². The number of nitrogens with zero attached hydrogens (tertiary/aromatic N) is 5. The van der Waals surface area contributed by atoms with Crippen LogP contribution >= 0.6 is 0 Å². The number of rotatable bonds is 6. The summed E-state index contributed by atoms with van der Waals surface area (Å²) in [6.07, 6.45) is 2.13. The van der Waals surface area contributed by atoms with E-state index in [0.29, 0.717) is 23.8 Å². The number of benzene rings is 2. The summed E-state index contributed by atoms with van der Waals surface area (Å²) in [4.78, 5) is 9.46. The molecule has 1 aliphatic heterocycles. The summed E-state index contributed by atoms with van der Waals surface area (Å²) in [6, 6.07) is 18.4. The van der Waals surface area contributed by atoms with E-state index in [1.54, 1.807) is 0 Å². The van der Waals surface area contributed by atoms with Gasteiger partial charge in [0.1, 0.15) is 0 Å². The highest BCUT2D eigenvalue weighted by molar-refractivity contribution is 5.54. The second-order valence-corrected chi connectivity index (χ2v) is 7.78. The van der Waals surface area contributed by atoms with Crippen molar-refractivity contribution < 1.29 is 4.52 Å². The van der Waals surface area contributed by atoms with Gasteiger partial charge in [-0.15, -0.1) is 0 Å². The van der Waals surface area contributed by atoms with E-state index in [9.17, 15) is 0 Å². The van der Waals surface area contributed by atoms with Gasteiger partial charge in [0.2, 0.25) is 11.7 Å². The van der Waals surface area contributed by atoms with Crippen molar-refractivity contribution in [2.45, 2.75) is 32.9 Å². The molecule has 0 aliphatic carbocycles. The van der Waals surface area contributed by atoms with E-state index < -0.39 is 0 Å². The lowest BCUT2D eigenvalue weighted by atomic mass is 10.1. The van der Waals surface area contributed by atoms with Crippen LogP contribution in [0.3, 0.4) is 0 Å². The maximum atomic E-state index is 8.94. The first-order valence-corrected chi connectivity index (χ1v) is 10.6. The Morgan fingerprint density at radius 3 is 2.23 bits per heavy atom. The summed E-state index contributed by atoms with van der Waals surface area (Å²) in [6.45, 7) is 7.80. The molecule has 1 aliphatic rings. The maximum Gasteiger partial charge on any atom is 0.241 e. The smallest absolute Gasteiger partial charge is 0.241 e. The molecule has 6 heteroatoms. The summed E-state index contributed by atoms with van der Waals surface area (Å²) in [5.41, 5.74) is 4.25. The van der Waals surface area contributed by atoms with E-state index in [1.807, 2.05) is 24.3 Å². The Balaban J connectivity index is 1.31. The summed E-state index contributed by atoms with van der Waals surface area (Å²) >= 11 is 0. The fourth-order valence-electron chi connectivity index (χ4n) is 3.80. The average molecular weight is 402 g/mol. The van der Waals surface area contributed by atoms with Crippen LogP contribution in [0.25, 0.3) is 11.4 Å². The molecular formula is C24H27N5O. The third kappa shape index (κ3) is 5.12. The molecule has 0 atom stereocenters. The Hall–Kier alpha value is -3.01. The molecule has 0 amide bonds. The Labute approximate surface area is 177 Å². The number of hydrogen-bond donors (Lipinski definition) is 0. The van der Waals surface area contributed by atoms with Gasteiger partial charge in [-0.25, -0.2) is 0 Å². The monoisotopic (exact) mass is 401 g/mol. The van der Waals surface area contributed by atoms with Crippen LogP contribution in [-0.4, -0.2) is 46.1 Å². The molecule has 154 valence electrons. The Morgan fingerprint density at radius 2 is 1.57 bits per heavy atom. The highest BCUT2D eigenvalue weighted by Gasteiger charge is 2.18. The lowest BCUT2D eigenvalue weighted by molar-refractivity contribution is 0.222. The molecule has 0 spiro atoms.